The van der Waals surface area contributed by atoms with Crippen molar-refractivity contribution in [3.63, 3.8) is 0 Å². The van der Waals surface area contributed by atoms with Gasteiger partial charge in [0.25, 0.3) is 5.56 Å². The maximum absolute atomic E-state index is 11.9. The average Bonchev–Trinajstić information content (AvgIpc) is 2.57. The lowest BCUT2D eigenvalue weighted by molar-refractivity contribution is -0.121. The lowest BCUT2D eigenvalue weighted by Crippen LogP contribution is -2.33. The van der Waals surface area contributed by atoms with Crippen LogP contribution in [0.4, 0.5) is 0 Å². The van der Waals surface area contributed by atoms with E-state index in [4.69, 9.17) is 4.74 Å². The van der Waals surface area contributed by atoms with Gasteiger partial charge in [-0.1, -0.05) is 0 Å². The van der Waals surface area contributed by atoms with E-state index in [1.165, 1.54) is 6.07 Å². The van der Waals surface area contributed by atoms with E-state index in [0.29, 0.717) is 24.7 Å². The molecular weight excluding hydrogens is 322 g/mol. The van der Waals surface area contributed by atoms with Gasteiger partial charge in [-0.2, -0.15) is 5.10 Å². The molecule has 0 spiro atoms. The molecule has 0 fully saturated rings. The number of pyridine rings is 1. The fraction of sp³-hybridized carbons (Fsp3) is 0.412. The summed E-state index contributed by atoms with van der Waals surface area (Å²) in [5.41, 5.74) is 0.979. The largest absolute Gasteiger partial charge is 0.476 e. The Kier molecular flexibility index (Phi) is 6.64. The molecule has 0 atom stereocenters. The molecule has 8 heteroatoms. The maximum Gasteiger partial charge on any atom is 0.267 e. The molecule has 25 heavy (non-hydrogen) atoms. The molecule has 1 amide bonds. The predicted octanol–water partition coefficient (Wildman–Crippen LogP) is 0.382. The highest BCUT2D eigenvalue weighted by atomic mass is 16.5. The number of likely N-dealkylation sites (N-methyl/N-ethyl adjacent to an activating group) is 2. The summed E-state index contributed by atoms with van der Waals surface area (Å²) in [6.45, 7) is 3.56. The fourth-order valence-electron chi connectivity index (χ4n) is 2.06. The van der Waals surface area contributed by atoms with E-state index in [1.807, 2.05) is 32.0 Å². The number of carbonyl (C=O) groups is 1. The Balaban J connectivity index is 2.10. The summed E-state index contributed by atoms with van der Waals surface area (Å²) in [6, 6.07) is 6.58. The van der Waals surface area contributed by atoms with Crippen LogP contribution in [0.1, 0.15) is 6.92 Å². The van der Waals surface area contributed by atoms with E-state index in [2.05, 4.69) is 15.4 Å². The SMILES string of the molecule is CCNC(=O)Cn1nc(-c2ccc(OCCN(C)C)nc2)ccc1=O. The molecule has 2 rings (SSSR count). The number of rotatable bonds is 8. The summed E-state index contributed by atoms with van der Waals surface area (Å²) in [7, 11) is 3.95. The van der Waals surface area contributed by atoms with Gasteiger partial charge in [-0.05, 0) is 33.2 Å². The topological polar surface area (TPSA) is 89.3 Å². The Morgan fingerprint density at radius 1 is 1.28 bits per heavy atom. The Morgan fingerprint density at radius 2 is 2.08 bits per heavy atom. The molecule has 0 unspecified atom stereocenters. The quantitative estimate of drug-likeness (QED) is 0.744. The molecule has 2 aromatic heterocycles. The number of ether oxygens (including phenoxy) is 1. The first-order chi connectivity index (χ1) is 12.0. The van der Waals surface area contributed by atoms with E-state index in [9.17, 15) is 9.59 Å². The normalized spacial score (nSPS) is 10.7. The van der Waals surface area contributed by atoms with E-state index < -0.39 is 0 Å². The summed E-state index contributed by atoms with van der Waals surface area (Å²) < 4.78 is 6.69. The van der Waals surface area contributed by atoms with Crippen molar-refractivity contribution >= 4 is 5.91 Å². The van der Waals surface area contributed by atoms with Crippen LogP contribution in [0.3, 0.4) is 0 Å². The molecule has 0 aromatic carbocycles. The zero-order valence-corrected chi connectivity index (χ0v) is 14.7. The van der Waals surface area contributed by atoms with Gasteiger partial charge in [0.2, 0.25) is 11.8 Å². The molecular formula is C17H23N5O3. The van der Waals surface area contributed by atoms with Gasteiger partial charge in [0.05, 0.1) is 5.69 Å². The molecule has 8 nitrogen and oxygen atoms in total. The third-order valence-corrected chi connectivity index (χ3v) is 3.35. The van der Waals surface area contributed by atoms with Crippen molar-refractivity contribution in [2.45, 2.75) is 13.5 Å². The molecule has 0 aliphatic carbocycles. The van der Waals surface area contributed by atoms with Gasteiger partial charge < -0.3 is 15.0 Å². The van der Waals surface area contributed by atoms with Crippen molar-refractivity contribution in [1.29, 1.82) is 0 Å². The fourth-order valence-corrected chi connectivity index (χ4v) is 2.06. The summed E-state index contributed by atoms with van der Waals surface area (Å²) in [6.07, 6.45) is 1.63. The first kappa shape index (κ1) is 18.6. The first-order valence-corrected chi connectivity index (χ1v) is 8.08. The minimum Gasteiger partial charge on any atom is -0.476 e. The molecule has 0 aliphatic heterocycles. The highest BCUT2D eigenvalue weighted by molar-refractivity contribution is 5.75. The van der Waals surface area contributed by atoms with Crippen LogP contribution in [0.2, 0.25) is 0 Å². The second kappa shape index (κ2) is 8.93. The number of amides is 1. The van der Waals surface area contributed by atoms with Gasteiger partial charge in [0, 0.05) is 37.0 Å². The lowest BCUT2D eigenvalue weighted by Gasteiger charge is -2.10. The second-order valence-electron chi connectivity index (χ2n) is 5.70. The van der Waals surface area contributed by atoms with Crippen LogP contribution < -0.4 is 15.6 Å². The van der Waals surface area contributed by atoms with Gasteiger partial charge in [-0.15, -0.1) is 0 Å². The number of carbonyl (C=O) groups excluding carboxylic acids is 1. The molecule has 0 radical (unpaired) electrons. The van der Waals surface area contributed by atoms with Gasteiger partial charge in [-0.3, -0.25) is 9.59 Å². The third-order valence-electron chi connectivity index (χ3n) is 3.35. The van der Waals surface area contributed by atoms with Crippen molar-refractivity contribution in [3.05, 3.63) is 40.8 Å². The van der Waals surface area contributed by atoms with Crippen molar-refractivity contribution in [1.82, 2.24) is 25.0 Å². The van der Waals surface area contributed by atoms with E-state index in [0.717, 1.165) is 16.8 Å². The number of nitrogens with one attached hydrogen (secondary N) is 1. The predicted molar refractivity (Wildman–Crippen MR) is 94.5 cm³/mol. The number of hydrogen-bond acceptors (Lipinski definition) is 6. The molecule has 0 saturated heterocycles. The van der Waals surface area contributed by atoms with Crippen LogP contribution in [0.25, 0.3) is 11.3 Å². The zero-order chi connectivity index (χ0) is 18.2. The second-order valence-corrected chi connectivity index (χ2v) is 5.70. The molecule has 2 aromatic rings. The highest BCUT2D eigenvalue weighted by Gasteiger charge is 2.08. The van der Waals surface area contributed by atoms with E-state index in [-0.39, 0.29) is 18.0 Å². The van der Waals surface area contributed by atoms with Crippen LogP contribution >= 0.6 is 0 Å². The van der Waals surface area contributed by atoms with E-state index >= 15 is 0 Å². The van der Waals surface area contributed by atoms with Crippen LogP contribution in [-0.4, -0.2) is 59.4 Å². The number of nitrogens with zero attached hydrogens (tertiary/aromatic N) is 4. The average molecular weight is 345 g/mol. The summed E-state index contributed by atoms with van der Waals surface area (Å²) in [5, 5.41) is 6.88. The number of aromatic nitrogens is 3. The van der Waals surface area contributed by atoms with Gasteiger partial charge in [0.15, 0.2) is 0 Å². The van der Waals surface area contributed by atoms with Crippen molar-refractivity contribution in [2.24, 2.45) is 0 Å². The summed E-state index contributed by atoms with van der Waals surface area (Å²) in [4.78, 5) is 29.8. The van der Waals surface area contributed by atoms with E-state index in [1.54, 1.807) is 18.3 Å². The minimum atomic E-state index is -0.327. The van der Waals surface area contributed by atoms with Crippen LogP contribution in [0.5, 0.6) is 5.88 Å². The first-order valence-electron chi connectivity index (χ1n) is 8.08. The summed E-state index contributed by atoms with van der Waals surface area (Å²) in [5.74, 6) is 0.276. The highest BCUT2D eigenvalue weighted by Crippen LogP contribution is 2.17. The maximum atomic E-state index is 11.9. The molecule has 134 valence electrons. The van der Waals surface area contributed by atoms with Crippen LogP contribution in [-0.2, 0) is 11.3 Å². The lowest BCUT2D eigenvalue weighted by atomic mass is 10.2. The van der Waals surface area contributed by atoms with Crippen LogP contribution in [0, 0.1) is 0 Å². The monoisotopic (exact) mass is 345 g/mol. The molecule has 2 heterocycles. The van der Waals surface area contributed by atoms with Gasteiger partial charge in [-0.25, -0.2) is 9.67 Å². The molecule has 0 saturated carbocycles. The Hall–Kier alpha value is -2.74. The van der Waals surface area contributed by atoms with Crippen LogP contribution in [0.15, 0.2) is 35.3 Å². The van der Waals surface area contributed by atoms with Crippen molar-refractivity contribution in [2.75, 3.05) is 33.8 Å². The smallest absolute Gasteiger partial charge is 0.267 e. The standard InChI is InChI=1S/C17H23N5O3/c1-4-18-15(23)12-22-17(24)8-6-14(20-22)13-5-7-16(19-11-13)25-10-9-21(2)3/h5-8,11H,4,9-10,12H2,1-3H3,(H,18,23). The molecule has 0 aliphatic rings. The Labute approximate surface area is 146 Å². The molecule has 1 N–H and O–H groups in total. The minimum absolute atomic E-state index is 0.111. The number of hydrogen-bond donors (Lipinski definition) is 1. The molecule has 0 bridgehead atoms. The zero-order valence-electron chi connectivity index (χ0n) is 14.7. The Morgan fingerprint density at radius 3 is 2.72 bits per heavy atom. The van der Waals surface area contributed by atoms with Crippen molar-refractivity contribution in [3.8, 4) is 17.1 Å². The van der Waals surface area contributed by atoms with Gasteiger partial charge >= 0.3 is 0 Å². The van der Waals surface area contributed by atoms with Gasteiger partial charge in [0.1, 0.15) is 13.2 Å². The summed E-state index contributed by atoms with van der Waals surface area (Å²) >= 11 is 0. The third kappa shape index (κ3) is 5.68. The van der Waals surface area contributed by atoms with Crippen molar-refractivity contribution < 1.29 is 9.53 Å². The Bertz CT molecular complexity index is 756.